The second kappa shape index (κ2) is 6.18. The summed E-state index contributed by atoms with van der Waals surface area (Å²) in [7, 11) is 0. The molecular weight excluding hydrogens is 340 g/mol. The van der Waals surface area contributed by atoms with Crippen molar-refractivity contribution < 1.29 is 13.3 Å². The largest absolute Gasteiger partial charge is 0.356 e. The highest BCUT2D eigenvalue weighted by atomic mass is 19.1. The highest BCUT2D eigenvalue weighted by Crippen LogP contribution is 2.26. The van der Waals surface area contributed by atoms with E-state index < -0.39 is 5.82 Å². The number of rotatable bonds is 3. The maximum absolute atomic E-state index is 13.3. The van der Waals surface area contributed by atoms with Crippen LogP contribution >= 0.6 is 0 Å². The molecule has 4 aromatic rings. The molecule has 2 aromatic heterocycles. The van der Waals surface area contributed by atoms with Gasteiger partial charge in [-0.3, -0.25) is 9.36 Å². The van der Waals surface area contributed by atoms with Gasteiger partial charge in [0.05, 0.1) is 23.8 Å². The van der Waals surface area contributed by atoms with E-state index in [0.717, 1.165) is 5.56 Å². The molecule has 0 saturated carbocycles. The summed E-state index contributed by atoms with van der Waals surface area (Å²) in [6.07, 6.45) is 1.36. The third-order valence-electron chi connectivity index (χ3n) is 4.23. The first kappa shape index (κ1) is 16.1. The summed E-state index contributed by atoms with van der Waals surface area (Å²) in [6.45, 7) is 1.98. The first-order valence-corrected chi connectivity index (χ1v) is 7.89. The Labute approximate surface area is 146 Å². The molecule has 26 heavy (non-hydrogen) atoms. The molecule has 0 aliphatic heterocycles. The lowest BCUT2D eigenvalue weighted by molar-refractivity contribution is 0.420. The quantitative estimate of drug-likeness (QED) is 0.564. The summed E-state index contributed by atoms with van der Waals surface area (Å²) >= 11 is 0. The monoisotopic (exact) mass is 353 g/mol. The Morgan fingerprint density at radius 1 is 1.08 bits per heavy atom. The van der Waals surface area contributed by atoms with Gasteiger partial charge in [0.1, 0.15) is 17.3 Å². The maximum Gasteiger partial charge on any atom is 0.261 e. The zero-order chi connectivity index (χ0) is 18.3. The Bertz CT molecular complexity index is 1160. The average molecular weight is 353 g/mol. The van der Waals surface area contributed by atoms with Crippen molar-refractivity contribution in [2.24, 2.45) is 0 Å². The van der Waals surface area contributed by atoms with Gasteiger partial charge < -0.3 is 4.52 Å². The van der Waals surface area contributed by atoms with Crippen LogP contribution in [0.25, 0.3) is 22.2 Å². The van der Waals surface area contributed by atoms with Crippen LogP contribution in [0.2, 0.25) is 0 Å². The maximum atomic E-state index is 13.3. The highest BCUT2D eigenvalue weighted by Gasteiger charge is 2.15. The molecule has 0 aliphatic carbocycles. The van der Waals surface area contributed by atoms with E-state index in [1.165, 1.54) is 41.2 Å². The zero-order valence-corrected chi connectivity index (χ0v) is 13.7. The van der Waals surface area contributed by atoms with Gasteiger partial charge in [0.15, 0.2) is 5.76 Å². The minimum atomic E-state index is -0.446. The molecule has 2 aromatic carbocycles. The topological polar surface area (TPSA) is 60.9 Å². The molecule has 0 spiro atoms. The van der Waals surface area contributed by atoms with Gasteiger partial charge in [0.25, 0.3) is 5.56 Å². The first-order chi connectivity index (χ1) is 12.5. The molecule has 0 fully saturated rings. The van der Waals surface area contributed by atoms with Gasteiger partial charge in [0.2, 0.25) is 0 Å². The van der Waals surface area contributed by atoms with E-state index in [9.17, 15) is 13.6 Å². The van der Waals surface area contributed by atoms with E-state index >= 15 is 0 Å². The Kier molecular flexibility index (Phi) is 3.84. The predicted molar refractivity (Wildman–Crippen MR) is 91.7 cm³/mol. The number of hydrogen-bond acceptors (Lipinski definition) is 4. The lowest BCUT2D eigenvalue weighted by Crippen LogP contribution is -2.21. The zero-order valence-electron chi connectivity index (χ0n) is 13.7. The van der Waals surface area contributed by atoms with Gasteiger partial charge in [-0.05, 0) is 43.3 Å². The van der Waals surface area contributed by atoms with Crippen LogP contribution in [0.4, 0.5) is 8.78 Å². The third kappa shape index (κ3) is 2.77. The van der Waals surface area contributed by atoms with E-state index in [4.69, 9.17) is 4.52 Å². The second-order valence-electron chi connectivity index (χ2n) is 5.93. The lowest BCUT2D eigenvalue weighted by Gasteiger charge is -2.05. The first-order valence-electron chi connectivity index (χ1n) is 7.89. The number of aromatic nitrogens is 3. The van der Waals surface area contributed by atoms with E-state index in [-0.39, 0.29) is 17.9 Å². The molecule has 0 N–H and O–H groups in total. The number of benzene rings is 2. The van der Waals surface area contributed by atoms with E-state index in [2.05, 4.69) is 10.1 Å². The normalized spacial score (nSPS) is 11.2. The molecule has 2 heterocycles. The van der Waals surface area contributed by atoms with Gasteiger partial charge in [-0.1, -0.05) is 5.16 Å². The fourth-order valence-corrected chi connectivity index (χ4v) is 2.79. The van der Waals surface area contributed by atoms with Crippen LogP contribution in [0.3, 0.4) is 0 Å². The van der Waals surface area contributed by atoms with Crippen LogP contribution in [-0.4, -0.2) is 14.7 Å². The van der Waals surface area contributed by atoms with Gasteiger partial charge in [0, 0.05) is 17.2 Å². The number of halogens is 2. The van der Waals surface area contributed by atoms with E-state index in [1.54, 1.807) is 12.1 Å². The van der Waals surface area contributed by atoms with Crippen molar-refractivity contribution >= 4 is 10.9 Å². The molecule has 7 heteroatoms. The molecule has 0 unspecified atom stereocenters. The molecule has 4 rings (SSSR count). The van der Waals surface area contributed by atoms with Crippen LogP contribution in [-0.2, 0) is 6.54 Å². The SMILES string of the molecule is Cc1c(Cn2cnc3cc(F)ccc3c2=O)noc1-c1ccc(F)cc1. The minimum Gasteiger partial charge on any atom is -0.356 e. The molecular formula is C19H13F2N3O2. The standard InChI is InChI=1S/C19H13F2N3O2/c1-11-17(23-26-18(11)12-2-4-13(20)5-3-12)9-24-10-22-16-8-14(21)6-7-15(16)19(24)25/h2-8,10H,9H2,1H3. The van der Waals surface area contributed by atoms with Crippen LogP contribution in [0.15, 0.2) is 58.1 Å². The number of nitrogens with zero attached hydrogens (tertiary/aromatic N) is 3. The lowest BCUT2D eigenvalue weighted by atomic mass is 10.1. The Hall–Kier alpha value is -3.35. The van der Waals surface area contributed by atoms with Crippen LogP contribution in [0.5, 0.6) is 0 Å². The van der Waals surface area contributed by atoms with Gasteiger partial charge in [-0.15, -0.1) is 0 Å². The molecule has 0 bridgehead atoms. The Morgan fingerprint density at radius 3 is 2.58 bits per heavy atom. The van der Waals surface area contributed by atoms with Crippen molar-refractivity contribution in [2.45, 2.75) is 13.5 Å². The van der Waals surface area contributed by atoms with Crippen molar-refractivity contribution in [1.82, 2.24) is 14.7 Å². The van der Waals surface area contributed by atoms with Crippen LogP contribution < -0.4 is 5.56 Å². The summed E-state index contributed by atoms with van der Waals surface area (Å²) in [5.41, 5.74) is 2.02. The Balaban J connectivity index is 1.71. The minimum absolute atomic E-state index is 0.162. The summed E-state index contributed by atoms with van der Waals surface area (Å²) in [5, 5.41) is 4.36. The molecule has 5 nitrogen and oxygen atoms in total. The van der Waals surface area contributed by atoms with Crippen molar-refractivity contribution in [1.29, 1.82) is 0 Å². The van der Waals surface area contributed by atoms with Crippen molar-refractivity contribution in [3.05, 3.63) is 82.0 Å². The number of hydrogen-bond donors (Lipinski definition) is 0. The molecule has 0 radical (unpaired) electrons. The third-order valence-corrected chi connectivity index (χ3v) is 4.23. The molecule has 130 valence electrons. The van der Waals surface area contributed by atoms with Crippen LogP contribution in [0, 0.1) is 18.6 Å². The van der Waals surface area contributed by atoms with Gasteiger partial charge in [-0.25, -0.2) is 13.8 Å². The molecule has 0 saturated heterocycles. The fraction of sp³-hybridized carbons (Fsp3) is 0.105. The smallest absolute Gasteiger partial charge is 0.261 e. The fourth-order valence-electron chi connectivity index (χ4n) is 2.79. The molecule has 0 atom stereocenters. The van der Waals surface area contributed by atoms with Gasteiger partial charge in [-0.2, -0.15) is 0 Å². The summed E-state index contributed by atoms with van der Waals surface area (Å²) in [5.74, 6) is -0.265. The molecule has 0 aliphatic rings. The van der Waals surface area contributed by atoms with E-state index in [1.807, 2.05) is 6.92 Å². The van der Waals surface area contributed by atoms with Gasteiger partial charge >= 0.3 is 0 Å². The van der Waals surface area contributed by atoms with Crippen molar-refractivity contribution in [3.63, 3.8) is 0 Å². The summed E-state index contributed by atoms with van der Waals surface area (Å²) < 4.78 is 33.1. The Morgan fingerprint density at radius 2 is 1.81 bits per heavy atom. The van der Waals surface area contributed by atoms with Crippen LogP contribution in [0.1, 0.15) is 11.3 Å². The highest BCUT2D eigenvalue weighted by molar-refractivity contribution is 5.77. The van der Waals surface area contributed by atoms with Crippen molar-refractivity contribution in [3.8, 4) is 11.3 Å². The predicted octanol–water partition coefficient (Wildman–Crippen LogP) is 3.69. The number of fused-ring (bicyclic) bond motifs is 1. The average Bonchev–Trinajstić information content (AvgIpc) is 2.99. The summed E-state index contributed by atoms with van der Waals surface area (Å²) in [4.78, 5) is 16.7. The van der Waals surface area contributed by atoms with Crippen molar-refractivity contribution in [2.75, 3.05) is 0 Å². The summed E-state index contributed by atoms with van der Waals surface area (Å²) in [6, 6.07) is 9.74. The molecule has 0 amide bonds. The van der Waals surface area contributed by atoms with E-state index in [0.29, 0.717) is 27.9 Å². The second-order valence-corrected chi connectivity index (χ2v) is 5.93.